The number of nitrogens with zero attached hydrogens (tertiary/aromatic N) is 1. The summed E-state index contributed by atoms with van der Waals surface area (Å²) in [6.45, 7) is 4.41. The van der Waals surface area contributed by atoms with E-state index in [1.165, 1.54) is 5.56 Å². The molecule has 3 heteroatoms. The molecule has 0 aliphatic rings. The van der Waals surface area contributed by atoms with Crippen molar-refractivity contribution in [2.45, 2.75) is 32.2 Å². The van der Waals surface area contributed by atoms with Gasteiger partial charge < -0.3 is 5.32 Å². The lowest BCUT2D eigenvalue weighted by Gasteiger charge is -2.27. The molecule has 0 unspecified atom stereocenters. The summed E-state index contributed by atoms with van der Waals surface area (Å²) >= 11 is 3.52. The highest BCUT2D eigenvalue weighted by Crippen LogP contribution is 2.24. The second-order valence-corrected chi connectivity index (χ2v) is 6.18. The van der Waals surface area contributed by atoms with E-state index in [2.05, 4.69) is 70.4 Å². The zero-order chi connectivity index (χ0) is 13.7. The molecule has 1 aromatic carbocycles. The number of rotatable bonds is 5. The highest BCUT2D eigenvalue weighted by molar-refractivity contribution is 9.10. The summed E-state index contributed by atoms with van der Waals surface area (Å²) in [6, 6.07) is 14.5. The van der Waals surface area contributed by atoms with Crippen LogP contribution >= 0.6 is 15.9 Å². The molecule has 1 heterocycles. The first-order chi connectivity index (χ1) is 9.07. The van der Waals surface area contributed by atoms with Gasteiger partial charge in [0.2, 0.25) is 0 Å². The van der Waals surface area contributed by atoms with E-state index in [1.54, 1.807) is 6.20 Å². The maximum atomic E-state index is 4.36. The molecule has 2 nitrogen and oxygen atoms in total. The van der Waals surface area contributed by atoms with Gasteiger partial charge in [0.1, 0.15) is 5.82 Å². The summed E-state index contributed by atoms with van der Waals surface area (Å²) in [5.74, 6) is 0.903. The quantitative estimate of drug-likeness (QED) is 0.866. The number of aryl methyl sites for hydroxylation is 1. The summed E-state index contributed by atoms with van der Waals surface area (Å²) in [5.41, 5.74) is 1.38. The van der Waals surface area contributed by atoms with Crippen molar-refractivity contribution < 1.29 is 0 Å². The molecule has 0 spiro atoms. The number of anilines is 1. The van der Waals surface area contributed by atoms with Gasteiger partial charge in [-0.2, -0.15) is 0 Å². The smallest absolute Gasteiger partial charge is 0.140 e. The Morgan fingerprint density at radius 1 is 1.11 bits per heavy atom. The largest absolute Gasteiger partial charge is 0.364 e. The van der Waals surface area contributed by atoms with Gasteiger partial charge in [0.05, 0.1) is 4.47 Å². The van der Waals surface area contributed by atoms with E-state index < -0.39 is 0 Å². The zero-order valence-corrected chi connectivity index (χ0v) is 12.9. The topological polar surface area (TPSA) is 24.9 Å². The number of aromatic nitrogens is 1. The van der Waals surface area contributed by atoms with E-state index >= 15 is 0 Å². The van der Waals surface area contributed by atoms with Crippen LogP contribution in [0.1, 0.15) is 25.8 Å². The SMILES string of the molecule is CC(C)(CCc1ccccc1)Nc1ncccc1Br. The molecule has 19 heavy (non-hydrogen) atoms. The van der Waals surface area contributed by atoms with Gasteiger partial charge in [-0.3, -0.25) is 0 Å². The molecule has 2 rings (SSSR count). The summed E-state index contributed by atoms with van der Waals surface area (Å²) < 4.78 is 1.00. The minimum Gasteiger partial charge on any atom is -0.364 e. The highest BCUT2D eigenvalue weighted by atomic mass is 79.9. The Morgan fingerprint density at radius 2 is 1.84 bits per heavy atom. The molecule has 0 fully saturated rings. The monoisotopic (exact) mass is 318 g/mol. The van der Waals surface area contributed by atoms with Crippen LogP contribution in [0.4, 0.5) is 5.82 Å². The van der Waals surface area contributed by atoms with Gasteiger partial charge in [-0.15, -0.1) is 0 Å². The average molecular weight is 319 g/mol. The fraction of sp³-hybridized carbons (Fsp3) is 0.312. The highest BCUT2D eigenvalue weighted by Gasteiger charge is 2.18. The van der Waals surface area contributed by atoms with Gasteiger partial charge in [0, 0.05) is 11.7 Å². The lowest BCUT2D eigenvalue weighted by molar-refractivity contribution is 0.516. The van der Waals surface area contributed by atoms with Gasteiger partial charge in [-0.1, -0.05) is 30.3 Å². The molecular formula is C16H19BrN2. The van der Waals surface area contributed by atoms with Gasteiger partial charge in [0.15, 0.2) is 0 Å². The lowest BCUT2D eigenvalue weighted by Crippen LogP contribution is -2.32. The molecule has 0 aliphatic carbocycles. The average Bonchev–Trinajstić information content (AvgIpc) is 2.40. The van der Waals surface area contributed by atoms with Gasteiger partial charge >= 0.3 is 0 Å². The number of nitrogens with one attached hydrogen (secondary N) is 1. The Bertz CT molecular complexity index is 523. The molecule has 0 saturated heterocycles. The summed E-state index contributed by atoms with van der Waals surface area (Å²) in [4.78, 5) is 4.36. The van der Waals surface area contributed by atoms with E-state index in [9.17, 15) is 0 Å². The zero-order valence-electron chi connectivity index (χ0n) is 11.4. The Hall–Kier alpha value is -1.35. The molecule has 100 valence electrons. The number of halogens is 1. The minimum atomic E-state index is 0.00666. The van der Waals surface area contributed by atoms with Crippen LogP contribution in [0.2, 0.25) is 0 Å². The van der Waals surface area contributed by atoms with Crippen molar-refractivity contribution >= 4 is 21.7 Å². The first kappa shape index (κ1) is 14.1. The van der Waals surface area contributed by atoms with Crippen molar-refractivity contribution in [2.24, 2.45) is 0 Å². The summed E-state index contributed by atoms with van der Waals surface area (Å²) in [7, 11) is 0. The molecule has 0 radical (unpaired) electrons. The van der Waals surface area contributed by atoms with Crippen LogP contribution in [0, 0.1) is 0 Å². The van der Waals surface area contributed by atoms with E-state index in [-0.39, 0.29) is 5.54 Å². The van der Waals surface area contributed by atoms with Crippen LogP contribution in [0.5, 0.6) is 0 Å². The third kappa shape index (κ3) is 4.35. The lowest BCUT2D eigenvalue weighted by atomic mass is 9.95. The van der Waals surface area contributed by atoms with Crippen molar-refractivity contribution in [3.8, 4) is 0 Å². The first-order valence-electron chi connectivity index (χ1n) is 6.49. The summed E-state index contributed by atoms with van der Waals surface area (Å²) in [5, 5.41) is 3.50. The third-order valence-corrected chi connectivity index (χ3v) is 3.74. The second-order valence-electron chi connectivity index (χ2n) is 5.33. The Labute approximate surface area is 123 Å². The molecule has 2 aromatic rings. The predicted octanol–water partition coefficient (Wildman–Crippen LogP) is 4.67. The van der Waals surface area contributed by atoms with E-state index in [4.69, 9.17) is 0 Å². The summed E-state index contributed by atoms with van der Waals surface area (Å²) in [6.07, 6.45) is 3.92. The number of benzene rings is 1. The van der Waals surface area contributed by atoms with Crippen molar-refractivity contribution in [3.63, 3.8) is 0 Å². The molecule has 1 N–H and O–H groups in total. The van der Waals surface area contributed by atoms with Gasteiger partial charge in [-0.05, 0) is 60.3 Å². The fourth-order valence-corrected chi connectivity index (χ4v) is 2.32. The van der Waals surface area contributed by atoms with Crippen LogP contribution in [0.15, 0.2) is 53.1 Å². The maximum Gasteiger partial charge on any atom is 0.140 e. The number of hydrogen-bond acceptors (Lipinski definition) is 2. The van der Waals surface area contributed by atoms with Crippen LogP contribution in [-0.2, 0) is 6.42 Å². The van der Waals surface area contributed by atoms with Crippen molar-refractivity contribution in [3.05, 3.63) is 58.7 Å². The molecule has 0 amide bonds. The normalized spacial score (nSPS) is 11.3. The second kappa shape index (κ2) is 6.20. The first-order valence-corrected chi connectivity index (χ1v) is 7.29. The van der Waals surface area contributed by atoms with Crippen LogP contribution in [0.25, 0.3) is 0 Å². The van der Waals surface area contributed by atoms with Crippen LogP contribution in [-0.4, -0.2) is 10.5 Å². The van der Waals surface area contributed by atoms with E-state index in [0.29, 0.717) is 0 Å². The number of pyridine rings is 1. The van der Waals surface area contributed by atoms with Gasteiger partial charge in [0.25, 0.3) is 0 Å². The molecule has 1 aromatic heterocycles. The molecular weight excluding hydrogens is 300 g/mol. The van der Waals surface area contributed by atoms with Crippen molar-refractivity contribution in [1.82, 2.24) is 4.98 Å². The molecule has 0 atom stereocenters. The predicted molar refractivity (Wildman–Crippen MR) is 84.4 cm³/mol. The Morgan fingerprint density at radius 3 is 2.53 bits per heavy atom. The van der Waals surface area contributed by atoms with Gasteiger partial charge in [-0.25, -0.2) is 4.98 Å². The van der Waals surface area contributed by atoms with Crippen LogP contribution < -0.4 is 5.32 Å². The molecule has 0 saturated carbocycles. The van der Waals surface area contributed by atoms with Crippen LogP contribution in [0.3, 0.4) is 0 Å². The van der Waals surface area contributed by atoms with Crippen molar-refractivity contribution in [1.29, 1.82) is 0 Å². The minimum absolute atomic E-state index is 0.00666. The fourth-order valence-electron chi connectivity index (χ4n) is 1.96. The Kier molecular flexibility index (Phi) is 4.59. The molecule has 0 bridgehead atoms. The van der Waals surface area contributed by atoms with Crippen molar-refractivity contribution in [2.75, 3.05) is 5.32 Å². The third-order valence-electron chi connectivity index (χ3n) is 3.10. The molecule has 0 aliphatic heterocycles. The number of hydrogen-bond donors (Lipinski definition) is 1. The standard InChI is InChI=1S/C16H19BrN2/c1-16(2,11-10-13-7-4-3-5-8-13)19-15-14(17)9-6-12-18-15/h3-9,12H,10-11H2,1-2H3,(H,18,19). The van der Waals surface area contributed by atoms with E-state index in [1.807, 2.05) is 12.1 Å². The Balaban J connectivity index is 1.97. The maximum absolute atomic E-state index is 4.36. The van der Waals surface area contributed by atoms with E-state index in [0.717, 1.165) is 23.1 Å².